The Labute approximate surface area is 45.4 Å². The molecule has 0 aromatic carbocycles. The molecular formula is C6H13O. The Morgan fingerprint density at radius 2 is 2.29 bits per heavy atom. The zero-order valence-corrected chi connectivity index (χ0v) is 4.85. The summed E-state index contributed by atoms with van der Waals surface area (Å²) >= 11 is 0. The average Bonchev–Trinajstić information content (AvgIpc) is 1.61. The lowest BCUT2D eigenvalue weighted by Gasteiger charge is -1.98. The fourth-order valence-corrected chi connectivity index (χ4v) is 0.440. The molecule has 0 fully saturated rings. The fourth-order valence-electron chi connectivity index (χ4n) is 0.440. The van der Waals surface area contributed by atoms with Gasteiger partial charge in [0.1, 0.15) is 0 Å². The zero-order chi connectivity index (χ0) is 5.70. The first kappa shape index (κ1) is 6.96. The summed E-state index contributed by atoms with van der Waals surface area (Å²) in [6, 6.07) is 0. The monoisotopic (exact) mass is 101 g/mol. The van der Waals surface area contributed by atoms with Crippen LogP contribution in [-0.4, -0.2) is 11.7 Å². The lowest BCUT2D eigenvalue weighted by Crippen LogP contribution is -1.89. The Morgan fingerprint density at radius 3 is 2.43 bits per heavy atom. The van der Waals surface area contributed by atoms with Crippen molar-refractivity contribution in [2.75, 3.05) is 6.61 Å². The van der Waals surface area contributed by atoms with Crippen molar-refractivity contribution in [3.05, 3.63) is 6.92 Å². The molecule has 1 nitrogen and oxygen atoms in total. The fraction of sp³-hybridized carbons (Fsp3) is 0.833. The summed E-state index contributed by atoms with van der Waals surface area (Å²) < 4.78 is 0. The Bertz CT molecular complexity index is 33.2. The van der Waals surface area contributed by atoms with Gasteiger partial charge < -0.3 is 5.11 Å². The third-order valence-electron chi connectivity index (χ3n) is 0.855. The number of aliphatic hydroxyl groups is 1. The van der Waals surface area contributed by atoms with Crippen molar-refractivity contribution < 1.29 is 5.11 Å². The molecule has 1 atom stereocenters. The lowest BCUT2D eigenvalue weighted by atomic mass is 10.1. The van der Waals surface area contributed by atoms with Gasteiger partial charge in [-0.15, -0.1) is 0 Å². The summed E-state index contributed by atoms with van der Waals surface area (Å²) in [6.07, 6.45) is 1.93. The molecule has 0 aromatic heterocycles. The predicted octanol–water partition coefficient (Wildman–Crippen LogP) is 1.23. The molecule has 0 aliphatic heterocycles. The largest absolute Gasteiger partial charge is 0.396 e. The molecule has 7 heavy (non-hydrogen) atoms. The van der Waals surface area contributed by atoms with Crippen LogP contribution in [0.25, 0.3) is 0 Å². The average molecular weight is 101 g/mol. The first-order valence-corrected chi connectivity index (χ1v) is 2.71. The van der Waals surface area contributed by atoms with Crippen LogP contribution in [0.4, 0.5) is 0 Å². The molecule has 0 spiro atoms. The van der Waals surface area contributed by atoms with Gasteiger partial charge in [-0.1, -0.05) is 13.8 Å². The Hall–Kier alpha value is -0.0400. The van der Waals surface area contributed by atoms with E-state index in [-0.39, 0.29) is 0 Å². The first-order chi connectivity index (χ1) is 3.27. The van der Waals surface area contributed by atoms with Gasteiger partial charge in [-0.05, 0) is 18.8 Å². The second-order valence-corrected chi connectivity index (χ2v) is 1.97. The van der Waals surface area contributed by atoms with Crippen molar-refractivity contribution >= 4 is 0 Å². The van der Waals surface area contributed by atoms with Crippen LogP contribution in [0.3, 0.4) is 0 Å². The van der Waals surface area contributed by atoms with Gasteiger partial charge in [0, 0.05) is 6.61 Å². The minimum Gasteiger partial charge on any atom is -0.396 e. The first-order valence-electron chi connectivity index (χ1n) is 2.71. The van der Waals surface area contributed by atoms with Crippen molar-refractivity contribution in [2.45, 2.75) is 19.8 Å². The summed E-state index contributed by atoms with van der Waals surface area (Å²) in [4.78, 5) is 0. The standard InChI is InChI=1S/C6H13O/c1-6(2)4-3-5-7/h6-7H,1,3-5H2,2H3. The minimum atomic E-state index is 0.305. The highest BCUT2D eigenvalue weighted by Crippen LogP contribution is 2.00. The summed E-state index contributed by atoms with van der Waals surface area (Å²) in [6.45, 7) is 6.12. The number of hydrogen-bond acceptors (Lipinski definition) is 1. The van der Waals surface area contributed by atoms with E-state index in [2.05, 4.69) is 13.8 Å². The molecule has 1 radical (unpaired) electrons. The molecule has 1 heteroatoms. The van der Waals surface area contributed by atoms with Gasteiger partial charge in [0.05, 0.1) is 0 Å². The van der Waals surface area contributed by atoms with E-state index in [4.69, 9.17) is 5.11 Å². The number of hydrogen-bond donors (Lipinski definition) is 1. The van der Waals surface area contributed by atoms with Crippen LogP contribution in [0.5, 0.6) is 0 Å². The summed E-state index contributed by atoms with van der Waals surface area (Å²) in [7, 11) is 0. The van der Waals surface area contributed by atoms with Gasteiger partial charge in [-0.25, -0.2) is 0 Å². The maximum atomic E-state index is 8.29. The number of rotatable bonds is 3. The van der Waals surface area contributed by atoms with Crippen LogP contribution in [0.2, 0.25) is 0 Å². The maximum Gasteiger partial charge on any atom is 0.0431 e. The van der Waals surface area contributed by atoms with Crippen molar-refractivity contribution in [2.24, 2.45) is 5.92 Å². The van der Waals surface area contributed by atoms with Gasteiger partial charge >= 0.3 is 0 Å². The van der Waals surface area contributed by atoms with E-state index in [9.17, 15) is 0 Å². The molecule has 1 unspecified atom stereocenters. The molecule has 0 heterocycles. The molecule has 0 aliphatic carbocycles. The third kappa shape index (κ3) is 5.96. The van der Waals surface area contributed by atoms with Gasteiger partial charge in [-0.3, -0.25) is 0 Å². The second kappa shape index (κ2) is 4.13. The van der Waals surface area contributed by atoms with Crippen LogP contribution in [-0.2, 0) is 0 Å². The summed E-state index contributed by atoms with van der Waals surface area (Å²) in [5.41, 5.74) is 0. The van der Waals surface area contributed by atoms with Crippen molar-refractivity contribution in [3.8, 4) is 0 Å². The van der Waals surface area contributed by atoms with Gasteiger partial charge in [0.2, 0.25) is 0 Å². The third-order valence-corrected chi connectivity index (χ3v) is 0.855. The van der Waals surface area contributed by atoms with E-state index in [0.29, 0.717) is 12.5 Å². The SMILES string of the molecule is [CH2]C(C)CCCO. The van der Waals surface area contributed by atoms with Gasteiger partial charge in [0.15, 0.2) is 0 Å². The van der Waals surface area contributed by atoms with Crippen molar-refractivity contribution in [3.63, 3.8) is 0 Å². The molecule has 0 saturated carbocycles. The van der Waals surface area contributed by atoms with Crippen LogP contribution in [0, 0.1) is 12.8 Å². The Balaban J connectivity index is 2.68. The molecule has 43 valence electrons. The van der Waals surface area contributed by atoms with Crippen LogP contribution >= 0.6 is 0 Å². The van der Waals surface area contributed by atoms with E-state index in [1.54, 1.807) is 0 Å². The second-order valence-electron chi connectivity index (χ2n) is 1.97. The molecule has 0 bridgehead atoms. The molecule has 0 amide bonds. The van der Waals surface area contributed by atoms with Gasteiger partial charge in [0.25, 0.3) is 0 Å². The molecule has 0 aromatic rings. The summed E-state index contributed by atoms with van der Waals surface area (Å²) in [5.74, 6) is 0.493. The molecule has 0 aliphatic rings. The van der Waals surface area contributed by atoms with E-state index >= 15 is 0 Å². The molecule has 1 N–H and O–H groups in total. The van der Waals surface area contributed by atoms with Crippen molar-refractivity contribution in [1.29, 1.82) is 0 Å². The normalized spacial score (nSPS) is 10.3. The molecule has 0 saturated heterocycles. The number of aliphatic hydroxyl groups excluding tert-OH is 1. The maximum absolute atomic E-state index is 8.29. The van der Waals surface area contributed by atoms with E-state index in [1.165, 1.54) is 0 Å². The topological polar surface area (TPSA) is 20.2 Å². The summed E-state index contributed by atoms with van der Waals surface area (Å²) in [5, 5.41) is 8.29. The highest BCUT2D eigenvalue weighted by Gasteiger charge is 1.89. The predicted molar refractivity (Wildman–Crippen MR) is 30.8 cm³/mol. The Kier molecular flexibility index (Phi) is 4.10. The Morgan fingerprint density at radius 1 is 1.71 bits per heavy atom. The minimum absolute atomic E-state index is 0.305. The zero-order valence-electron chi connectivity index (χ0n) is 4.85. The quantitative estimate of drug-likeness (QED) is 0.567. The van der Waals surface area contributed by atoms with E-state index in [0.717, 1.165) is 12.8 Å². The van der Waals surface area contributed by atoms with Crippen LogP contribution < -0.4 is 0 Å². The highest BCUT2D eigenvalue weighted by atomic mass is 16.2. The van der Waals surface area contributed by atoms with E-state index < -0.39 is 0 Å². The van der Waals surface area contributed by atoms with Crippen molar-refractivity contribution in [1.82, 2.24) is 0 Å². The van der Waals surface area contributed by atoms with Crippen LogP contribution in [0.1, 0.15) is 19.8 Å². The lowest BCUT2D eigenvalue weighted by molar-refractivity contribution is 0.278. The highest BCUT2D eigenvalue weighted by molar-refractivity contribution is 4.51. The van der Waals surface area contributed by atoms with E-state index in [1.807, 2.05) is 0 Å². The smallest absolute Gasteiger partial charge is 0.0431 e. The van der Waals surface area contributed by atoms with Gasteiger partial charge in [-0.2, -0.15) is 0 Å². The molecule has 0 rings (SSSR count). The van der Waals surface area contributed by atoms with Crippen LogP contribution in [0.15, 0.2) is 0 Å². The molecular weight excluding hydrogens is 88.1 g/mol.